The normalized spacial score (nSPS) is 27.9. The van der Waals surface area contributed by atoms with Crippen LogP contribution in [0.1, 0.15) is 52.4 Å². The van der Waals surface area contributed by atoms with Crippen molar-refractivity contribution in [3.8, 4) is 5.75 Å². The van der Waals surface area contributed by atoms with E-state index in [1.54, 1.807) is 17.0 Å². The van der Waals surface area contributed by atoms with Crippen LogP contribution in [0.4, 0.5) is 18.9 Å². The molecular formula is C21H28F3NO3. The Morgan fingerprint density at radius 2 is 1.82 bits per heavy atom. The number of benzene rings is 1. The first-order valence-corrected chi connectivity index (χ1v) is 10.00. The highest BCUT2D eigenvalue weighted by Gasteiger charge is 2.49. The lowest BCUT2D eigenvalue weighted by atomic mass is 9.68. The quantitative estimate of drug-likeness (QED) is 0.781. The first-order chi connectivity index (χ1) is 13.2. The summed E-state index contributed by atoms with van der Waals surface area (Å²) in [4.78, 5) is 14.8. The van der Waals surface area contributed by atoms with Gasteiger partial charge in [-0.05, 0) is 75.6 Å². The van der Waals surface area contributed by atoms with Gasteiger partial charge in [-0.2, -0.15) is 13.2 Å². The molecule has 2 fully saturated rings. The van der Waals surface area contributed by atoms with Crippen molar-refractivity contribution in [3.63, 3.8) is 0 Å². The number of nitrogens with zero attached hydrogens (tertiary/aromatic N) is 1. The number of rotatable bonds is 5. The van der Waals surface area contributed by atoms with Gasteiger partial charge in [-0.25, -0.2) is 0 Å². The second kappa shape index (κ2) is 7.93. The largest absolute Gasteiger partial charge is 0.481 e. The SMILES string of the molecule is CC[C@H](O)C1CCC2(CC1)CCN(c1ccc(O[C@H](C)C(F)(F)F)cc1)C2=O. The predicted molar refractivity (Wildman–Crippen MR) is 100 cm³/mol. The average Bonchev–Trinajstić information content (AvgIpc) is 2.98. The van der Waals surface area contributed by atoms with E-state index in [1.165, 1.54) is 12.1 Å². The van der Waals surface area contributed by atoms with Crippen LogP contribution in [0.25, 0.3) is 0 Å². The average molecular weight is 399 g/mol. The molecule has 1 aliphatic heterocycles. The minimum atomic E-state index is -4.42. The number of alkyl halides is 3. The van der Waals surface area contributed by atoms with Crippen molar-refractivity contribution >= 4 is 11.6 Å². The van der Waals surface area contributed by atoms with Gasteiger partial charge in [0.05, 0.1) is 11.5 Å². The number of halogens is 3. The van der Waals surface area contributed by atoms with E-state index in [-0.39, 0.29) is 29.1 Å². The zero-order chi connectivity index (χ0) is 20.5. The Balaban J connectivity index is 1.64. The number of amides is 1. The highest BCUT2D eigenvalue weighted by atomic mass is 19.4. The predicted octanol–water partition coefficient (Wildman–Crippen LogP) is 4.70. The van der Waals surface area contributed by atoms with E-state index >= 15 is 0 Å². The zero-order valence-corrected chi connectivity index (χ0v) is 16.3. The number of aliphatic hydroxyl groups is 1. The molecule has 1 N–H and O–H groups in total. The Morgan fingerprint density at radius 1 is 1.21 bits per heavy atom. The van der Waals surface area contributed by atoms with Gasteiger partial charge in [-0.15, -0.1) is 0 Å². The fraction of sp³-hybridized carbons (Fsp3) is 0.667. The van der Waals surface area contributed by atoms with E-state index in [4.69, 9.17) is 4.74 Å². The highest BCUT2D eigenvalue weighted by Crippen LogP contribution is 2.48. The maximum absolute atomic E-state index is 13.1. The van der Waals surface area contributed by atoms with E-state index in [2.05, 4.69) is 0 Å². The molecule has 0 aromatic heterocycles. The lowest BCUT2D eigenvalue weighted by Crippen LogP contribution is -2.39. The van der Waals surface area contributed by atoms with Crippen molar-refractivity contribution in [2.24, 2.45) is 11.3 Å². The molecule has 7 heteroatoms. The second-order valence-corrected chi connectivity index (χ2v) is 8.10. The van der Waals surface area contributed by atoms with Crippen LogP contribution >= 0.6 is 0 Å². The van der Waals surface area contributed by atoms with E-state index < -0.39 is 12.3 Å². The summed E-state index contributed by atoms with van der Waals surface area (Å²) in [5, 5.41) is 10.1. The number of aliphatic hydroxyl groups excluding tert-OH is 1. The molecule has 28 heavy (non-hydrogen) atoms. The summed E-state index contributed by atoms with van der Waals surface area (Å²) < 4.78 is 42.8. The smallest absolute Gasteiger partial charge is 0.425 e. The molecule has 0 bridgehead atoms. The van der Waals surface area contributed by atoms with Gasteiger partial charge in [0.15, 0.2) is 6.10 Å². The van der Waals surface area contributed by atoms with Crippen molar-refractivity contribution in [2.75, 3.05) is 11.4 Å². The fourth-order valence-electron chi connectivity index (χ4n) is 4.42. The standard InChI is InChI=1S/C21H28F3NO3/c1-3-18(26)15-8-10-20(11-9-15)12-13-25(19(20)27)16-4-6-17(7-5-16)28-14(2)21(22,23)24/h4-7,14-15,18,26H,3,8-13H2,1-2H3/t14-,15?,18+,20?/m1/s1. The van der Waals surface area contributed by atoms with Gasteiger partial charge in [0.1, 0.15) is 5.75 Å². The van der Waals surface area contributed by atoms with Crippen molar-refractivity contribution in [3.05, 3.63) is 24.3 Å². The summed E-state index contributed by atoms with van der Waals surface area (Å²) in [5.74, 6) is 0.489. The summed E-state index contributed by atoms with van der Waals surface area (Å²) in [5.41, 5.74) is 0.328. The molecule has 2 atom stereocenters. The summed E-state index contributed by atoms with van der Waals surface area (Å²) in [6, 6.07) is 6.23. The molecule has 2 aliphatic rings. The summed E-state index contributed by atoms with van der Waals surface area (Å²) in [7, 11) is 0. The molecule has 1 spiro atoms. The van der Waals surface area contributed by atoms with Crippen molar-refractivity contribution in [2.45, 2.75) is 70.8 Å². The molecule has 1 saturated heterocycles. The van der Waals surface area contributed by atoms with Gasteiger partial charge < -0.3 is 14.7 Å². The number of hydrogen-bond acceptors (Lipinski definition) is 3. The minimum Gasteiger partial charge on any atom is -0.481 e. The molecule has 1 saturated carbocycles. The molecule has 1 aliphatic carbocycles. The highest BCUT2D eigenvalue weighted by molar-refractivity contribution is 6.00. The number of carbonyl (C=O) groups is 1. The third-order valence-electron chi connectivity index (χ3n) is 6.38. The molecule has 4 nitrogen and oxygen atoms in total. The molecule has 1 heterocycles. The second-order valence-electron chi connectivity index (χ2n) is 8.10. The van der Waals surface area contributed by atoms with Gasteiger partial charge >= 0.3 is 6.18 Å². The number of anilines is 1. The zero-order valence-electron chi connectivity index (χ0n) is 16.3. The molecule has 156 valence electrons. The first kappa shape index (κ1) is 21.0. The third kappa shape index (κ3) is 4.14. The van der Waals surface area contributed by atoms with Crippen LogP contribution in [0.3, 0.4) is 0 Å². The lowest BCUT2D eigenvalue weighted by molar-refractivity contribution is -0.189. The van der Waals surface area contributed by atoms with Crippen molar-refractivity contribution in [1.29, 1.82) is 0 Å². The lowest BCUT2D eigenvalue weighted by Gasteiger charge is -2.37. The van der Waals surface area contributed by atoms with Crippen LogP contribution in [0, 0.1) is 11.3 Å². The molecular weight excluding hydrogens is 371 g/mol. The summed E-state index contributed by atoms with van der Waals surface area (Å²) in [6.07, 6.45) is -1.79. The van der Waals surface area contributed by atoms with E-state index in [9.17, 15) is 23.1 Å². The van der Waals surface area contributed by atoms with E-state index in [0.29, 0.717) is 12.2 Å². The molecule has 0 unspecified atom stereocenters. The Labute approximate surface area is 163 Å². The topological polar surface area (TPSA) is 49.8 Å². The van der Waals surface area contributed by atoms with E-state index in [0.717, 1.165) is 45.4 Å². The van der Waals surface area contributed by atoms with Crippen molar-refractivity contribution < 1.29 is 27.8 Å². The Hall–Kier alpha value is -1.76. The monoisotopic (exact) mass is 399 g/mol. The Morgan fingerprint density at radius 3 is 2.36 bits per heavy atom. The molecule has 0 radical (unpaired) electrons. The fourth-order valence-corrected chi connectivity index (χ4v) is 4.42. The van der Waals surface area contributed by atoms with E-state index in [1.807, 2.05) is 6.92 Å². The molecule has 1 amide bonds. The van der Waals surface area contributed by atoms with Crippen LogP contribution in [-0.2, 0) is 4.79 Å². The van der Waals surface area contributed by atoms with Crippen LogP contribution in [0.5, 0.6) is 5.75 Å². The Bertz CT molecular complexity index is 681. The van der Waals surface area contributed by atoms with Gasteiger partial charge in [0.25, 0.3) is 0 Å². The number of carbonyl (C=O) groups excluding carboxylic acids is 1. The summed E-state index contributed by atoms with van der Waals surface area (Å²) in [6.45, 7) is 3.55. The first-order valence-electron chi connectivity index (χ1n) is 10.00. The van der Waals surface area contributed by atoms with Gasteiger partial charge in [0.2, 0.25) is 5.91 Å². The van der Waals surface area contributed by atoms with Crippen LogP contribution in [0.2, 0.25) is 0 Å². The molecule has 1 aromatic rings. The van der Waals surface area contributed by atoms with Gasteiger partial charge in [-0.3, -0.25) is 4.79 Å². The molecule has 3 rings (SSSR count). The van der Waals surface area contributed by atoms with Crippen molar-refractivity contribution in [1.82, 2.24) is 0 Å². The summed E-state index contributed by atoms with van der Waals surface area (Å²) >= 11 is 0. The van der Waals surface area contributed by atoms with Gasteiger partial charge in [-0.1, -0.05) is 6.92 Å². The number of ether oxygens (including phenoxy) is 1. The molecule has 1 aromatic carbocycles. The Kier molecular flexibility index (Phi) is 5.94. The third-order valence-corrected chi connectivity index (χ3v) is 6.38. The number of hydrogen-bond donors (Lipinski definition) is 1. The minimum absolute atomic E-state index is 0.0919. The van der Waals surface area contributed by atoms with Crippen LogP contribution < -0.4 is 9.64 Å². The maximum atomic E-state index is 13.1. The van der Waals surface area contributed by atoms with Crippen LogP contribution in [-0.4, -0.2) is 35.9 Å². The van der Waals surface area contributed by atoms with Crippen LogP contribution in [0.15, 0.2) is 24.3 Å². The maximum Gasteiger partial charge on any atom is 0.425 e. The van der Waals surface area contributed by atoms with Gasteiger partial charge in [0, 0.05) is 12.2 Å².